The van der Waals surface area contributed by atoms with Gasteiger partial charge in [-0.25, -0.2) is 0 Å². The van der Waals surface area contributed by atoms with Gasteiger partial charge in [0.25, 0.3) is 0 Å². The molecule has 0 spiro atoms. The molecule has 0 radical (unpaired) electrons. The summed E-state index contributed by atoms with van der Waals surface area (Å²) in [5.74, 6) is 0.162. The molecule has 2 fully saturated rings. The predicted octanol–water partition coefficient (Wildman–Crippen LogP) is -0.240. The Morgan fingerprint density at radius 3 is 3.00 bits per heavy atom. The lowest BCUT2D eigenvalue weighted by Crippen LogP contribution is -2.38. The molecule has 5 heteroatoms. The third kappa shape index (κ3) is 2.52. The first-order valence-electron chi connectivity index (χ1n) is 5.84. The fourth-order valence-electron chi connectivity index (χ4n) is 2.23. The summed E-state index contributed by atoms with van der Waals surface area (Å²) in [6, 6.07) is 0. The highest BCUT2D eigenvalue weighted by Crippen LogP contribution is 2.21. The lowest BCUT2D eigenvalue weighted by Gasteiger charge is -2.22. The Morgan fingerprint density at radius 2 is 2.31 bits per heavy atom. The lowest BCUT2D eigenvalue weighted by molar-refractivity contribution is -0.135. The molecule has 0 aromatic rings. The summed E-state index contributed by atoms with van der Waals surface area (Å²) >= 11 is 0. The maximum absolute atomic E-state index is 12.1. The predicted molar refractivity (Wildman–Crippen MR) is 57.7 cm³/mol. The first-order chi connectivity index (χ1) is 7.66. The minimum Gasteiger partial charge on any atom is -0.378 e. The highest BCUT2D eigenvalue weighted by Gasteiger charge is 2.32. The second-order valence-electron chi connectivity index (χ2n) is 4.50. The molecular formula is C11H18N2O3. The van der Waals surface area contributed by atoms with Gasteiger partial charge in [-0.05, 0) is 13.3 Å². The monoisotopic (exact) mass is 226 g/mol. The van der Waals surface area contributed by atoms with Crippen LogP contribution < -0.4 is 5.32 Å². The van der Waals surface area contributed by atoms with Crippen molar-refractivity contribution in [1.82, 2.24) is 10.2 Å². The molecule has 2 amide bonds. The molecule has 2 unspecified atom stereocenters. The van der Waals surface area contributed by atoms with E-state index in [0.29, 0.717) is 32.7 Å². The Hall–Kier alpha value is -1.10. The van der Waals surface area contributed by atoms with Crippen molar-refractivity contribution in [2.45, 2.75) is 25.9 Å². The number of carbonyl (C=O) groups is 2. The van der Waals surface area contributed by atoms with Crippen molar-refractivity contribution >= 4 is 11.8 Å². The quantitative estimate of drug-likeness (QED) is 0.671. The second-order valence-corrected chi connectivity index (χ2v) is 4.50. The highest BCUT2D eigenvalue weighted by molar-refractivity contribution is 5.81. The van der Waals surface area contributed by atoms with Crippen molar-refractivity contribution in [2.75, 3.05) is 26.2 Å². The zero-order valence-corrected chi connectivity index (χ0v) is 9.57. The number of ether oxygens (including phenoxy) is 1. The van der Waals surface area contributed by atoms with Gasteiger partial charge in [0.1, 0.15) is 0 Å². The van der Waals surface area contributed by atoms with E-state index < -0.39 is 0 Å². The van der Waals surface area contributed by atoms with Crippen LogP contribution in [0.5, 0.6) is 0 Å². The molecular weight excluding hydrogens is 208 g/mol. The number of amides is 2. The van der Waals surface area contributed by atoms with Gasteiger partial charge in [0, 0.05) is 26.1 Å². The first kappa shape index (κ1) is 11.4. The van der Waals surface area contributed by atoms with Crippen LogP contribution in [0.2, 0.25) is 0 Å². The molecule has 0 aromatic heterocycles. The number of rotatable bonds is 1. The smallest absolute Gasteiger partial charge is 0.228 e. The molecule has 0 saturated carbocycles. The molecule has 2 rings (SSSR count). The minimum absolute atomic E-state index is 0.0109. The SMILES string of the molecule is CC1CC(C(=O)N2CCNC(=O)CC2)CO1. The van der Waals surface area contributed by atoms with Crippen molar-refractivity contribution in [1.29, 1.82) is 0 Å². The van der Waals surface area contributed by atoms with Crippen LogP contribution in [0.3, 0.4) is 0 Å². The van der Waals surface area contributed by atoms with Crippen LogP contribution in [0.25, 0.3) is 0 Å². The van der Waals surface area contributed by atoms with E-state index in [1.807, 2.05) is 6.92 Å². The summed E-state index contributed by atoms with van der Waals surface area (Å²) in [6.07, 6.45) is 1.40. The summed E-state index contributed by atoms with van der Waals surface area (Å²) < 4.78 is 5.40. The van der Waals surface area contributed by atoms with Crippen molar-refractivity contribution < 1.29 is 14.3 Å². The van der Waals surface area contributed by atoms with Crippen LogP contribution in [0.1, 0.15) is 19.8 Å². The fraction of sp³-hybridized carbons (Fsp3) is 0.818. The fourth-order valence-corrected chi connectivity index (χ4v) is 2.23. The molecule has 2 saturated heterocycles. The molecule has 2 heterocycles. The van der Waals surface area contributed by atoms with Gasteiger partial charge in [0.05, 0.1) is 18.6 Å². The summed E-state index contributed by atoms with van der Waals surface area (Å²) in [7, 11) is 0. The highest BCUT2D eigenvalue weighted by atomic mass is 16.5. The number of nitrogens with zero attached hydrogens (tertiary/aromatic N) is 1. The maximum Gasteiger partial charge on any atom is 0.228 e. The van der Waals surface area contributed by atoms with Crippen LogP contribution in [0.4, 0.5) is 0 Å². The Morgan fingerprint density at radius 1 is 1.50 bits per heavy atom. The lowest BCUT2D eigenvalue weighted by atomic mass is 10.0. The van der Waals surface area contributed by atoms with E-state index in [4.69, 9.17) is 4.74 Å². The molecule has 90 valence electrons. The van der Waals surface area contributed by atoms with Gasteiger partial charge in [-0.3, -0.25) is 9.59 Å². The van der Waals surface area contributed by atoms with Gasteiger partial charge in [-0.1, -0.05) is 0 Å². The summed E-state index contributed by atoms with van der Waals surface area (Å²) in [5, 5.41) is 2.76. The van der Waals surface area contributed by atoms with Crippen molar-refractivity contribution in [2.24, 2.45) is 5.92 Å². The minimum atomic E-state index is -0.0109. The molecule has 5 nitrogen and oxygen atoms in total. The first-order valence-corrected chi connectivity index (χ1v) is 5.84. The van der Waals surface area contributed by atoms with Gasteiger partial charge >= 0.3 is 0 Å². The van der Waals surface area contributed by atoms with Gasteiger partial charge < -0.3 is 15.0 Å². The molecule has 0 aromatic carbocycles. The van der Waals surface area contributed by atoms with Gasteiger partial charge in [0.2, 0.25) is 11.8 Å². The molecule has 0 aliphatic carbocycles. The zero-order chi connectivity index (χ0) is 11.5. The van der Waals surface area contributed by atoms with Crippen LogP contribution in [0, 0.1) is 5.92 Å². The zero-order valence-electron chi connectivity index (χ0n) is 9.57. The molecule has 0 bridgehead atoms. The van der Waals surface area contributed by atoms with E-state index in [1.54, 1.807) is 4.90 Å². The summed E-state index contributed by atoms with van der Waals surface area (Å²) in [5.41, 5.74) is 0. The molecule has 2 atom stereocenters. The molecule has 2 aliphatic rings. The Labute approximate surface area is 95.1 Å². The number of nitrogens with one attached hydrogen (secondary N) is 1. The number of carbonyl (C=O) groups excluding carboxylic acids is 2. The average Bonchev–Trinajstić information content (AvgIpc) is 2.57. The van der Waals surface area contributed by atoms with Crippen LogP contribution in [-0.4, -0.2) is 49.1 Å². The number of hydrogen-bond acceptors (Lipinski definition) is 3. The van der Waals surface area contributed by atoms with E-state index in [0.717, 1.165) is 6.42 Å². The maximum atomic E-state index is 12.1. The van der Waals surface area contributed by atoms with Crippen molar-refractivity contribution in [3.8, 4) is 0 Å². The Bertz CT molecular complexity index is 293. The Balaban J connectivity index is 1.91. The van der Waals surface area contributed by atoms with Gasteiger partial charge in [0.15, 0.2) is 0 Å². The standard InChI is InChI=1S/C11H18N2O3/c1-8-6-9(7-16-8)11(15)13-4-2-10(14)12-3-5-13/h8-9H,2-7H2,1H3,(H,12,14). The molecule has 2 aliphatic heterocycles. The molecule has 16 heavy (non-hydrogen) atoms. The van der Waals surface area contributed by atoms with Crippen LogP contribution in [-0.2, 0) is 14.3 Å². The van der Waals surface area contributed by atoms with E-state index in [2.05, 4.69) is 5.32 Å². The van der Waals surface area contributed by atoms with Gasteiger partial charge in [-0.2, -0.15) is 0 Å². The normalized spacial score (nSPS) is 31.1. The topological polar surface area (TPSA) is 58.6 Å². The van der Waals surface area contributed by atoms with Crippen molar-refractivity contribution in [3.05, 3.63) is 0 Å². The molecule has 1 N–H and O–H groups in total. The largest absolute Gasteiger partial charge is 0.378 e. The van der Waals surface area contributed by atoms with E-state index in [9.17, 15) is 9.59 Å². The number of hydrogen-bond donors (Lipinski definition) is 1. The average molecular weight is 226 g/mol. The third-order valence-corrected chi connectivity index (χ3v) is 3.17. The van der Waals surface area contributed by atoms with Gasteiger partial charge in [-0.15, -0.1) is 0 Å². The Kier molecular flexibility index (Phi) is 3.43. The summed E-state index contributed by atoms with van der Waals surface area (Å²) in [6.45, 7) is 4.23. The third-order valence-electron chi connectivity index (χ3n) is 3.17. The second kappa shape index (κ2) is 4.82. The van der Waals surface area contributed by atoms with E-state index in [1.165, 1.54) is 0 Å². The van der Waals surface area contributed by atoms with Crippen molar-refractivity contribution in [3.63, 3.8) is 0 Å². The summed E-state index contributed by atoms with van der Waals surface area (Å²) in [4.78, 5) is 25.0. The van der Waals surface area contributed by atoms with Crippen LogP contribution >= 0.6 is 0 Å². The van der Waals surface area contributed by atoms with Crippen LogP contribution in [0.15, 0.2) is 0 Å². The van der Waals surface area contributed by atoms with E-state index in [-0.39, 0.29) is 23.8 Å². The van der Waals surface area contributed by atoms with E-state index >= 15 is 0 Å².